The van der Waals surface area contributed by atoms with Crippen molar-refractivity contribution < 1.29 is 13.2 Å². The summed E-state index contributed by atoms with van der Waals surface area (Å²) in [5.41, 5.74) is 0.111. The first kappa shape index (κ1) is 16.7. The van der Waals surface area contributed by atoms with E-state index < -0.39 is 15.9 Å². The van der Waals surface area contributed by atoms with Crippen LogP contribution < -0.4 is 10.0 Å². The Bertz CT molecular complexity index is 612. The molecule has 0 bridgehead atoms. The lowest BCUT2D eigenvalue weighted by atomic mass is 10.2. The standard InChI is InChI=1S/C13H17ClN2O3S/c1-4-7-15-13(17)11-8-10(5-6-12(11)14)20(18,19)16-9(2)3/h4-6,8-9,16H,1,7H2,2-3H3,(H,15,17). The van der Waals surface area contributed by atoms with Gasteiger partial charge in [-0.15, -0.1) is 6.58 Å². The molecule has 0 aliphatic heterocycles. The Kier molecular flexibility index (Phi) is 5.74. The molecule has 1 aromatic rings. The molecule has 0 saturated heterocycles. The van der Waals surface area contributed by atoms with Gasteiger partial charge in [0.25, 0.3) is 5.91 Å². The van der Waals surface area contributed by atoms with Gasteiger partial charge in [0.15, 0.2) is 0 Å². The van der Waals surface area contributed by atoms with Gasteiger partial charge in [-0.3, -0.25) is 4.79 Å². The van der Waals surface area contributed by atoms with Crippen LogP contribution in [-0.2, 0) is 10.0 Å². The van der Waals surface area contributed by atoms with Crippen LogP contribution in [0.5, 0.6) is 0 Å². The van der Waals surface area contributed by atoms with Crippen molar-refractivity contribution in [3.05, 3.63) is 41.4 Å². The van der Waals surface area contributed by atoms with Crippen LogP contribution in [0.15, 0.2) is 35.7 Å². The van der Waals surface area contributed by atoms with Gasteiger partial charge in [0, 0.05) is 12.6 Å². The lowest BCUT2D eigenvalue weighted by molar-refractivity contribution is 0.0958. The number of carbonyl (C=O) groups is 1. The summed E-state index contributed by atoms with van der Waals surface area (Å²) in [6.45, 7) is 7.19. The molecule has 5 nitrogen and oxygen atoms in total. The molecular formula is C13H17ClN2O3S. The van der Waals surface area contributed by atoms with Crippen molar-refractivity contribution in [2.75, 3.05) is 6.54 Å². The summed E-state index contributed by atoms with van der Waals surface area (Å²) in [5, 5.41) is 2.74. The molecule has 0 radical (unpaired) electrons. The van der Waals surface area contributed by atoms with Gasteiger partial charge in [-0.2, -0.15) is 0 Å². The first-order chi connectivity index (χ1) is 9.27. The maximum absolute atomic E-state index is 12.0. The Morgan fingerprint density at radius 1 is 1.45 bits per heavy atom. The predicted molar refractivity (Wildman–Crippen MR) is 79.4 cm³/mol. The lowest BCUT2D eigenvalue weighted by Gasteiger charge is -2.11. The molecule has 0 unspecified atom stereocenters. The Morgan fingerprint density at radius 2 is 2.10 bits per heavy atom. The third-order valence-electron chi connectivity index (χ3n) is 2.29. The minimum atomic E-state index is -3.66. The molecule has 1 aromatic carbocycles. The number of nitrogens with one attached hydrogen (secondary N) is 2. The highest BCUT2D eigenvalue weighted by Gasteiger charge is 2.19. The fraction of sp³-hybridized carbons (Fsp3) is 0.308. The van der Waals surface area contributed by atoms with Crippen molar-refractivity contribution >= 4 is 27.5 Å². The van der Waals surface area contributed by atoms with E-state index in [0.717, 1.165) is 0 Å². The molecule has 1 amide bonds. The van der Waals surface area contributed by atoms with Crippen LogP contribution in [0.1, 0.15) is 24.2 Å². The van der Waals surface area contributed by atoms with Crippen molar-refractivity contribution in [1.29, 1.82) is 0 Å². The highest BCUT2D eigenvalue weighted by atomic mass is 35.5. The summed E-state index contributed by atoms with van der Waals surface area (Å²) in [7, 11) is -3.66. The van der Waals surface area contributed by atoms with Crippen LogP contribution in [0.4, 0.5) is 0 Å². The zero-order valence-corrected chi connectivity index (χ0v) is 12.9. The van der Waals surface area contributed by atoms with Gasteiger partial charge in [0.2, 0.25) is 10.0 Å². The Balaban J connectivity index is 3.14. The summed E-state index contributed by atoms with van der Waals surface area (Å²) in [6.07, 6.45) is 1.52. The van der Waals surface area contributed by atoms with Crippen molar-refractivity contribution in [3.63, 3.8) is 0 Å². The number of halogens is 1. The summed E-state index contributed by atoms with van der Waals surface area (Å²) >= 11 is 5.92. The van der Waals surface area contributed by atoms with Gasteiger partial charge in [0.05, 0.1) is 15.5 Å². The monoisotopic (exact) mass is 316 g/mol. The van der Waals surface area contributed by atoms with E-state index in [2.05, 4.69) is 16.6 Å². The number of hydrogen-bond acceptors (Lipinski definition) is 3. The molecular weight excluding hydrogens is 300 g/mol. The van der Waals surface area contributed by atoms with E-state index in [1.54, 1.807) is 13.8 Å². The first-order valence-corrected chi connectivity index (χ1v) is 7.85. The second kappa shape index (κ2) is 6.88. The van der Waals surface area contributed by atoms with Crippen LogP contribution in [0.2, 0.25) is 5.02 Å². The number of carbonyl (C=O) groups excluding carboxylic acids is 1. The molecule has 0 heterocycles. The first-order valence-electron chi connectivity index (χ1n) is 5.99. The van der Waals surface area contributed by atoms with Crippen LogP contribution >= 0.6 is 11.6 Å². The van der Waals surface area contributed by atoms with Crippen LogP contribution in [-0.4, -0.2) is 26.9 Å². The minimum Gasteiger partial charge on any atom is -0.349 e. The van der Waals surface area contributed by atoms with Crippen LogP contribution in [0.25, 0.3) is 0 Å². The smallest absolute Gasteiger partial charge is 0.253 e. The normalized spacial score (nSPS) is 11.4. The minimum absolute atomic E-state index is 0.000599. The number of amides is 1. The Labute approximate surface area is 124 Å². The molecule has 0 atom stereocenters. The highest BCUT2D eigenvalue weighted by Crippen LogP contribution is 2.20. The van der Waals surface area contributed by atoms with E-state index in [1.807, 2.05) is 0 Å². The average Bonchev–Trinajstić information content (AvgIpc) is 2.34. The Morgan fingerprint density at radius 3 is 2.65 bits per heavy atom. The third kappa shape index (κ3) is 4.33. The van der Waals surface area contributed by atoms with E-state index in [9.17, 15) is 13.2 Å². The van der Waals surface area contributed by atoms with Crippen LogP contribution in [0.3, 0.4) is 0 Å². The lowest BCUT2D eigenvalue weighted by Crippen LogP contribution is -2.30. The summed E-state index contributed by atoms with van der Waals surface area (Å²) in [5.74, 6) is -0.448. The molecule has 0 fully saturated rings. The SMILES string of the molecule is C=CCNC(=O)c1cc(S(=O)(=O)NC(C)C)ccc1Cl. The third-order valence-corrected chi connectivity index (χ3v) is 4.28. The van der Waals surface area contributed by atoms with Crippen molar-refractivity contribution in [2.45, 2.75) is 24.8 Å². The average molecular weight is 317 g/mol. The second-order valence-corrected chi connectivity index (χ2v) is 6.54. The van der Waals surface area contributed by atoms with E-state index in [4.69, 9.17) is 11.6 Å². The van der Waals surface area contributed by atoms with Gasteiger partial charge in [-0.05, 0) is 32.0 Å². The predicted octanol–water partition coefficient (Wildman–Crippen LogP) is 1.94. The zero-order valence-electron chi connectivity index (χ0n) is 11.3. The van der Waals surface area contributed by atoms with Gasteiger partial charge >= 0.3 is 0 Å². The summed E-state index contributed by atoms with van der Waals surface area (Å²) in [6, 6.07) is 3.76. The second-order valence-electron chi connectivity index (χ2n) is 4.42. The molecule has 20 heavy (non-hydrogen) atoms. The fourth-order valence-corrected chi connectivity index (χ4v) is 2.96. The largest absolute Gasteiger partial charge is 0.349 e. The molecule has 0 saturated carbocycles. The molecule has 1 rings (SSSR count). The van der Waals surface area contributed by atoms with Gasteiger partial charge < -0.3 is 5.32 Å². The number of hydrogen-bond donors (Lipinski definition) is 2. The molecule has 7 heteroatoms. The molecule has 110 valence electrons. The van der Waals surface area contributed by atoms with Crippen molar-refractivity contribution in [3.8, 4) is 0 Å². The number of sulfonamides is 1. The molecule has 0 aliphatic rings. The number of rotatable bonds is 6. The summed E-state index contributed by atoms with van der Waals surface area (Å²) < 4.78 is 26.5. The maximum Gasteiger partial charge on any atom is 0.253 e. The van der Waals surface area contributed by atoms with Crippen molar-refractivity contribution in [2.24, 2.45) is 0 Å². The fourth-order valence-electron chi connectivity index (χ4n) is 1.48. The van der Waals surface area contributed by atoms with Gasteiger partial charge in [-0.25, -0.2) is 13.1 Å². The van der Waals surface area contributed by atoms with E-state index in [1.165, 1.54) is 24.3 Å². The highest BCUT2D eigenvalue weighted by molar-refractivity contribution is 7.89. The van der Waals surface area contributed by atoms with E-state index in [0.29, 0.717) is 0 Å². The van der Waals surface area contributed by atoms with E-state index in [-0.39, 0.29) is 28.1 Å². The quantitative estimate of drug-likeness (QED) is 0.788. The van der Waals surface area contributed by atoms with Gasteiger partial charge in [0.1, 0.15) is 0 Å². The van der Waals surface area contributed by atoms with E-state index >= 15 is 0 Å². The molecule has 0 aliphatic carbocycles. The Hall–Kier alpha value is -1.37. The summed E-state index contributed by atoms with van der Waals surface area (Å²) in [4.78, 5) is 11.9. The molecule has 2 N–H and O–H groups in total. The number of benzene rings is 1. The molecule has 0 aromatic heterocycles. The van der Waals surface area contributed by atoms with Gasteiger partial charge in [-0.1, -0.05) is 17.7 Å². The topological polar surface area (TPSA) is 75.3 Å². The molecule has 0 spiro atoms. The maximum atomic E-state index is 12.0. The van der Waals surface area contributed by atoms with Crippen LogP contribution in [0, 0.1) is 0 Å². The van der Waals surface area contributed by atoms with Crippen molar-refractivity contribution in [1.82, 2.24) is 10.0 Å². The zero-order chi connectivity index (χ0) is 15.3.